The molecule has 1 amide bonds. The van der Waals surface area contributed by atoms with Crippen molar-refractivity contribution in [1.82, 2.24) is 9.88 Å². The number of rotatable bonds is 4. The van der Waals surface area contributed by atoms with E-state index >= 15 is 0 Å². The number of anilines is 1. The summed E-state index contributed by atoms with van der Waals surface area (Å²) in [6.45, 7) is 0.645. The van der Waals surface area contributed by atoms with Crippen LogP contribution in [-0.2, 0) is 12.7 Å². The Balaban J connectivity index is 2.04. The molecule has 1 aromatic heterocycles. The fourth-order valence-electron chi connectivity index (χ4n) is 1.74. The maximum Gasteiger partial charge on any atom is 0.416 e. The molecule has 0 saturated heterocycles. The minimum absolute atomic E-state index is 0.150. The molecule has 118 valence electrons. The summed E-state index contributed by atoms with van der Waals surface area (Å²) in [5.74, 6) is -0.487. The lowest BCUT2D eigenvalue weighted by Crippen LogP contribution is -2.13. The topological polar surface area (TPSA) is 45.2 Å². The van der Waals surface area contributed by atoms with Crippen LogP contribution in [0.3, 0.4) is 0 Å². The molecule has 22 heavy (non-hydrogen) atoms. The zero-order valence-corrected chi connectivity index (χ0v) is 12.8. The van der Waals surface area contributed by atoms with E-state index in [1.807, 2.05) is 24.4 Å². The Morgan fingerprint density at radius 3 is 2.45 bits per heavy atom. The Kier molecular flexibility index (Phi) is 4.82. The van der Waals surface area contributed by atoms with Crippen molar-refractivity contribution in [2.45, 2.75) is 12.7 Å². The molecule has 1 heterocycles. The zero-order valence-electron chi connectivity index (χ0n) is 11.9. The number of alkyl halides is 3. The smallest absolute Gasteiger partial charge is 0.304 e. The van der Waals surface area contributed by atoms with Crippen LogP contribution in [0.25, 0.3) is 0 Å². The van der Waals surface area contributed by atoms with Crippen molar-refractivity contribution in [3.8, 4) is 0 Å². The van der Waals surface area contributed by atoms with Crippen LogP contribution in [-0.4, -0.2) is 29.9 Å². The van der Waals surface area contributed by atoms with Crippen molar-refractivity contribution in [2.24, 2.45) is 0 Å². The molecule has 0 aliphatic rings. The molecule has 0 fully saturated rings. The van der Waals surface area contributed by atoms with E-state index in [2.05, 4.69) is 10.3 Å². The number of carbonyl (C=O) groups is 1. The number of thiazole rings is 1. The van der Waals surface area contributed by atoms with Crippen molar-refractivity contribution in [2.75, 3.05) is 19.4 Å². The van der Waals surface area contributed by atoms with Gasteiger partial charge in [0.2, 0.25) is 0 Å². The van der Waals surface area contributed by atoms with Crippen LogP contribution >= 0.6 is 11.3 Å². The number of nitrogens with one attached hydrogen (secondary N) is 1. The molecule has 0 aliphatic carbocycles. The molecule has 0 bridgehead atoms. The first-order valence-electron chi connectivity index (χ1n) is 6.33. The second kappa shape index (κ2) is 6.45. The molecule has 0 spiro atoms. The van der Waals surface area contributed by atoms with Crippen LogP contribution in [0.4, 0.5) is 18.3 Å². The highest BCUT2D eigenvalue weighted by atomic mass is 32.1. The minimum atomic E-state index is -4.41. The summed E-state index contributed by atoms with van der Waals surface area (Å²) >= 11 is 1.27. The number of hydrogen-bond acceptors (Lipinski definition) is 4. The summed E-state index contributed by atoms with van der Waals surface area (Å²) in [5, 5.41) is 4.82. The zero-order chi connectivity index (χ0) is 16.3. The summed E-state index contributed by atoms with van der Waals surface area (Å²) in [6, 6.07) is 4.06. The van der Waals surface area contributed by atoms with E-state index in [0.29, 0.717) is 11.7 Å². The lowest BCUT2D eigenvalue weighted by molar-refractivity contribution is -0.137. The molecule has 1 aromatic carbocycles. The number of nitrogens with zero attached hydrogens (tertiary/aromatic N) is 2. The Morgan fingerprint density at radius 1 is 1.27 bits per heavy atom. The van der Waals surface area contributed by atoms with Gasteiger partial charge in [0.1, 0.15) is 0 Å². The number of hydrogen-bond donors (Lipinski definition) is 1. The van der Waals surface area contributed by atoms with Crippen LogP contribution in [0.1, 0.15) is 21.6 Å². The second-order valence-electron chi connectivity index (χ2n) is 4.91. The summed E-state index contributed by atoms with van der Waals surface area (Å²) in [6.07, 6.45) is -4.41. The molecular formula is C14H14F3N3OS. The predicted molar refractivity (Wildman–Crippen MR) is 78.9 cm³/mol. The molecule has 1 N–H and O–H groups in total. The molecule has 0 aliphatic heterocycles. The third kappa shape index (κ3) is 4.28. The number of amides is 1. The summed E-state index contributed by atoms with van der Waals surface area (Å²) in [4.78, 5) is 18.1. The Labute approximate surface area is 129 Å². The molecular weight excluding hydrogens is 315 g/mol. The normalized spacial score (nSPS) is 11.7. The first-order valence-corrected chi connectivity index (χ1v) is 7.21. The summed E-state index contributed by atoms with van der Waals surface area (Å²) in [5.41, 5.74) is 0.182. The van der Waals surface area contributed by atoms with Crippen molar-refractivity contribution < 1.29 is 18.0 Å². The van der Waals surface area contributed by atoms with Crippen molar-refractivity contribution in [3.05, 3.63) is 46.5 Å². The first-order chi connectivity index (χ1) is 10.3. The van der Waals surface area contributed by atoms with Gasteiger partial charge in [-0.1, -0.05) is 0 Å². The number of benzene rings is 1. The van der Waals surface area contributed by atoms with E-state index in [4.69, 9.17) is 0 Å². The van der Waals surface area contributed by atoms with Crippen LogP contribution in [0.5, 0.6) is 0 Å². The average molecular weight is 329 g/mol. The first kappa shape index (κ1) is 16.4. The molecule has 4 nitrogen and oxygen atoms in total. The molecule has 2 aromatic rings. The monoisotopic (exact) mass is 329 g/mol. The Bertz CT molecular complexity index is 650. The largest absolute Gasteiger partial charge is 0.416 e. The van der Waals surface area contributed by atoms with Gasteiger partial charge >= 0.3 is 6.18 Å². The van der Waals surface area contributed by atoms with Crippen LogP contribution in [0.2, 0.25) is 0 Å². The van der Waals surface area contributed by atoms with Gasteiger partial charge in [-0.2, -0.15) is 13.2 Å². The fourth-order valence-corrected chi connectivity index (χ4v) is 2.44. The predicted octanol–water partition coefficient (Wildman–Crippen LogP) is 3.48. The molecule has 0 saturated carbocycles. The Hall–Kier alpha value is -1.93. The summed E-state index contributed by atoms with van der Waals surface area (Å²) < 4.78 is 37.4. The van der Waals surface area contributed by atoms with E-state index in [-0.39, 0.29) is 5.56 Å². The van der Waals surface area contributed by atoms with Gasteiger partial charge in [0, 0.05) is 17.5 Å². The van der Waals surface area contributed by atoms with E-state index in [1.54, 1.807) is 0 Å². The maximum atomic E-state index is 12.5. The van der Waals surface area contributed by atoms with E-state index in [1.165, 1.54) is 11.3 Å². The van der Waals surface area contributed by atoms with Crippen molar-refractivity contribution in [3.63, 3.8) is 0 Å². The third-order valence-electron chi connectivity index (χ3n) is 2.72. The van der Waals surface area contributed by atoms with Gasteiger partial charge in [-0.05, 0) is 38.4 Å². The standard InChI is InChI=1S/C14H14F3N3OS/c1-20(2)7-11-8-22-13(18-11)19-12(21)9-3-5-10(6-4-9)14(15,16)17/h3-6,8H,7H2,1-2H3,(H,18,19,21). The lowest BCUT2D eigenvalue weighted by Gasteiger charge is -2.07. The second-order valence-corrected chi connectivity index (χ2v) is 5.77. The van der Waals surface area contributed by atoms with Gasteiger partial charge in [-0.25, -0.2) is 4.98 Å². The van der Waals surface area contributed by atoms with Gasteiger partial charge in [0.05, 0.1) is 11.3 Å². The quantitative estimate of drug-likeness (QED) is 0.934. The number of aromatic nitrogens is 1. The Morgan fingerprint density at radius 2 is 1.91 bits per heavy atom. The lowest BCUT2D eigenvalue weighted by atomic mass is 10.1. The molecule has 8 heteroatoms. The SMILES string of the molecule is CN(C)Cc1csc(NC(=O)c2ccc(C(F)(F)F)cc2)n1. The average Bonchev–Trinajstić information content (AvgIpc) is 2.84. The van der Waals surface area contributed by atoms with Gasteiger partial charge in [-0.15, -0.1) is 11.3 Å². The molecule has 0 radical (unpaired) electrons. The third-order valence-corrected chi connectivity index (χ3v) is 3.53. The van der Waals surface area contributed by atoms with Crippen LogP contribution in [0.15, 0.2) is 29.6 Å². The van der Waals surface area contributed by atoms with Crippen molar-refractivity contribution >= 4 is 22.4 Å². The van der Waals surface area contributed by atoms with Gasteiger partial charge in [0.25, 0.3) is 5.91 Å². The van der Waals surface area contributed by atoms with Gasteiger partial charge in [-0.3, -0.25) is 10.1 Å². The highest BCUT2D eigenvalue weighted by Gasteiger charge is 2.30. The molecule has 0 unspecified atom stereocenters. The van der Waals surface area contributed by atoms with Crippen LogP contribution < -0.4 is 5.32 Å². The number of halogens is 3. The number of carbonyl (C=O) groups excluding carboxylic acids is 1. The van der Waals surface area contributed by atoms with Gasteiger partial charge in [0.15, 0.2) is 5.13 Å². The van der Waals surface area contributed by atoms with Gasteiger partial charge < -0.3 is 4.90 Å². The molecule has 0 atom stereocenters. The van der Waals surface area contributed by atoms with Crippen molar-refractivity contribution in [1.29, 1.82) is 0 Å². The highest BCUT2D eigenvalue weighted by molar-refractivity contribution is 7.13. The van der Waals surface area contributed by atoms with E-state index in [0.717, 1.165) is 30.0 Å². The van der Waals surface area contributed by atoms with Crippen LogP contribution in [0, 0.1) is 0 Å². The van der Waals surface area contributed by atoms with E-state index in [9.17, 15) is 18.0 Å². The minimum Gasteiger partial charge on any atom is -0.304 e. The maximum absolute atomic E-state index is 12.5. The highest BCUT2D eigenvalue weighted by Crippen LogP contribution is 2.29. The summed E-state index contributed by atoms with van der Waals surface area (Å²) in [7, 11) is 3.81. The fraction of sp³-hybridized carbons (Fsp3) is 0.286. The van der Waals surface area contributed by atoms with E-state index < -0.39 is 17.6 Å². The molecule has 2 rings (SSSR count).